The van der Waals surface area contributed by atoms with E-state index in [2.05, 4.69) is 47.2 Å². The number of unbranched alkanes of at least 4 members (excludes halogenated alkanes) is 7. The van der Waals surface area contributed by atoms with Crippen LogP contribution in [0.3, 0.4) is 0 Å². The molecule has 508 valence electrons. The molecule has 10 atom stereocenters. The molecule has 32 nitrogen and oxygen atoms in total. The third-order valence-electron chi connectivity index (χ3n) is 14.7. The molecule has 2 aromatic rings. The fourth-order valence-corrected chi connectivity index (χ4v) is 9.98. The van der Waals surface area contributed by atoms with Gasteiger partial charge >= 0.3 is 5.97 Å². The lowest BCUT2D eigenvalue weighted by Gasteiger charge is -2.42. The molecule has 2 saturated heterocycles. The smallest absolute Gasteiger partial charge is 0.303 e. The van der Waals surface area contributed by atoms with E-state index in [1.54, 1.807) is 21.8 Å². The van der Waals surface area contributed by atoms with Crippen LogP contribution < -0.4 is 26.6 Å². The molecule has 0 radical (unpaired) electrons. The van der Waals surface area contributed by atoms with E-state index >= 15 is 0 Å². The predicted molar refractivity (Wildman–Crippen MR) is 313 cm³/mol. The second-order valence-corrected chi connectivity index (χ2v) is 22.0. The van der Waals surface area contributed by atoms with Crippen LogP contribution in [-0.4, -0.2) is 274 Å². The standard InChI is InChI=1S/C57H99N11O21/c1-39(71)60-52-44(88-46(37-69)54(78)56(52)80)33-42-35-67(65-63-42)19-23-84-27-31-86-29-25-82-21-17-58-48(73)15-13-41(62-50(75)11-9-7-5-3-4-6-8-10-12-51(76)77)14-16-49(74)59-18-22-83-26-30-87-32-28-85-24-20-68-36-43(64-66-68)34-45-53(61-40(2)72)57(81)55(79)47(38-70)89-45/h35-36,41,44-47,52-57,69-70,78-81H,3-34,37-38H2,1-2H3,(H,58,73)(H,59,74)(H,60,71)(H,61,72)(H,62,75)(H,76,77)/t44-,45-,46-,47-,52+,53+,54+,55+,56-,57-/m1/s1. The lowest BCUT2D eigenvalue weighted by atomic mass is 9.90. The molecule has 89 heavy (non-hydrogen) atoms. The van der Waals surface area contributed by atoms with E-state index < -0.39 is 98.0 Å². The van der Waals surface area contributed by atoms with Gasteiger partial charge < -0.3 is 100 Å². The van der Waals surface area contributed by atoms with E-state index in [9.17, 15) is 59.4 Å². The van der Waals surface area contributed by atoms with E-state index in [4.69, 9.17) is 43.0 Å². The van der Waals surface area contributed by atoms with Crippen LogP contribution >= 0.6 is 0 Å². The molecule has 2 fully saturated rings. The second kappa shape index (κ2) is 44.9. The summed E-state index contributed by atoms with van der Waals surface area (Å²) in [5.41, 5.74) is 1.03. The lowest BCUT2D eigenvalue weighted by molar-refractivity contribution is -0.194. The van der Waals surface area contributed by atoms with Gasteiger partial charge in [0.15, 0.2) is 0 Å². The van der Waals surface area contributed by atoms with Gasteiger partial charge in [-0.05, 0) is 25.7 Å². The minimum atomic E-state index is -1.38. The van der Waals surface area contributed by atoms with Crippen LogP contribution in [0, 0.1) is 0 Å². The zero-order valence-corrected chi connectivity index (χ0v) is 51.6. The fourth-order valence-electron chi connectivity index (χ4n) is 9.98. The van der Waals surface area contributed by atoms with Gasteiger partial charge in [0.25, 0.3) is 0 Å². The summed E-state index contributed by atoms with van der Waals surface area (Å²) < 4.78 is 48.4. The van der Waals surface area contributed by atoms with Gasteiger partial charge in [-0.25, -0.2) is 9.36 Å². The molecule has 0 bridgehead atoms. The molecule has 0 aliphatic carbocycles. The number of hydrogen-bond acceptors (Lipinski definition) is 24. The number of carbonyl (C=O) groups excluding carboxylic acids is 5. The highest BCUT2D eigenvalue weighted by molar-refractivity contribution is 5.78. The van der Waals surface area contributed by atoms with Crippen molar-refractivity contribution < 1.29 is 102 Å². The van der Waals surface area contributed by atoms with E-state index in [0.717, 1.165) is 38.5 Å². The maximum absolute atomic E-state index is 13.0. The zero-order chi connectivity index (χ0) is 64.6. The molecular weight excluding hydrogens is 1170 g/mol. The number of nitrogens with zero attached hydrogens (tertiary/aromatic N) is 6. The summed E-state index contributed by atoms with van der Waals surface area (Å²) in [5.74, 6) is -2.18. The maximum atomic E-state index is 13.0. The minimum Gasteiger partial charge on any atom is -0.481 e. The molecule has 4 heterocycles. The number of aliphatic hydroxyl groups is 6. The Balaban J connectivity index is 1.03. The first-order chi connectivity index (χ1) is 43.0. The van der Waals surface area contributed by atoms with Crippen molar-refractivity contribution >= 4 is 35.5 Å². The van der Waals surface area contributed by atoms with Crippen molar-refractivity contribution in [2.45, 2.75) is 197 Å². The zero-order valence-electron chi connectivity index (χ0n) is 51.6. The summed E-state index contributed by atoms with van der Waals surface area (Å²) in [6.45, 7) is 6.47. The fraction of sp³-hybridized carbons (Fsp3) is 0.825. The highest BCUT2D eigenvalue weighted by Gasteiger charge is 2.46. The van der Waals surface area contributed by atoms with Gasteiger partial charge in [0.2, 0.25) is 29.5 Å². The van der Waals surface area contributed by atoms with Crippen molar-refractivity contribution in [3.63, 3.8) is 0 Å². The highest BCUT2D eigenvalue weighted by Crippen LogP contribution is 2.25. The number of aliphatic carboxylic acids is 1. The monoisotopic (exact) mass is 1270 g/mol. The Bertz CT molecular complexity index is 2170. The number of carboxylic acids is 1. The molecule has 0 spiro atoms. The summed E-state index contributed by atoms with van der Waals surface area (Å²) in [5, 5.41) is 100.0. The average molecular weight is 1270 g/mol. The maximum Gasteiger partial charge on any atom is 0.303 e. The molecular formula is C57H99N11O21. The van der Waals surface area contributed by atoms with Gasteiger partial charge in [-0.15, -0.1) is 10.2 Å². The number of ether oxygens (including phenoxy) is 8. The summed E-state index contributed by atoms with van der Waals surface area (Å²) in [4.78, 5) is 72.9. The molecule has 2 aliphatic heterocycles. The molecule has 2 aromatic heterocycles. The Kier molecular flexibility index (Phi) is 38.4. The first kappa shape index (κ1) is 76.0. The van der Waals surface area contributed by atoms with Crippen LogP contribution in [0.1, 0.15) is 115 Å². The molecule has 0 aromatic carbocycles. The van der Waals surface area contributed by atoms with Gasteiger partial charge in [-0.1, -0.05) is 49.0 Å². The van der Waals surface area contributed by atoms with Crippen LogP contribution in [0.2, 0.25) is 0 Å². The van der Waals surface area contributed by atoms with Gasteiger partial charge in [0, 0.05) is 83.9 Å². The molecule has 0 unspecified atom stereocenters. The van der Waals surface area contributed by atoms with Gasteiger partial charge in [0.05, 0.1) is 141 Å². The minimum absolute atomic E-state index is 0.126. The van der Waals surface area contributed by atoms with E-state index in [1.165, 1.54) is 13.8 Å². The number of rotatable bonds is 50. The molecule has 5 amide bonds. The topological polar surface area (TPSA) is 439 Å². The third-order valence-corrected chi connectivity index (χ3v) is 14.7. The van der Waals surface area contributed by atoms with Gasteiger partial charge in [-0.2, -0.15) is 0 Å². The highest BCUT2D eigenvalue weighted by atomic mass is 16.6. The van der Waals surface area contributed by atoms with Crippen LogP contribution in [0.4, 0.5) is 0 Å². The number of hydrogen-bond donors (Lipinski definition) is 12. The number of aromatic nitrogens is 6. The molecule has 32 heteroatoms. The summed E-state index contributed by atoms with van der Waals surface area (Å²) in [6, 6.07) is -2.24. The normalized spacial score (nSPS) is 22.1. The quantitative estimate of drug-likeness (QED) is 0.0294. The van der Waals surface area contributed by atoms with E-state index in [-0.39, 0.29) is 76.1 Å². The summed E-state index contributed by atoms with van der Waals surface area (Å²) in [6.07, 6.45) is 3.24. The van der Waals surface area contributed by atoms with Crippen molar-refractivity contribution in [3.05, 3.63) is 23.8 Å². The Hall–Kier alpha value is -5.46. The van der Waals surface area contributed by atoms with Crippen molar-refractivity contribution in [1.29, 1.82) is 0 Å². The van der Waals surface area contributed by atoms with E-state index in [0.29, 0.717) is 123 Å². The SMILES string of the molecule is CC(=O)N[C@@H]1[C@@H](O)[C@@H](O)[C@@H](CO)O[C@@H]1Cc1cn(CCOCCOCCOCCNC(=O)CCC(CCC(=O)NCCOCCOCCOCCn2cc(C[C@H]3O[C@H](CO)[C@H](O)[C@H](O)[C@H]3NC(C)=O)nn2)NC(=O)CCCCCCCCCCC(=O)O)nn1. The number of carboxylic acid groups (broad SMARTS) is 1. The Morgan fingerprint density at radius 3 is 1.25 bits per heavy atom. The Morgan fingerprint density at radius 1 is 0.494 bits per heavy atom. The van der Waals surface area contributed by atoms with Crippen molar-refractivity contribution in [2.24, 2.45) is 0 Å². The van der Waals surface area contributed by atoms with Crippen molar-refractivity contribution in [1.82, 2.24) is 56.6 Å². The van der Waals surface area contributed by atoms with Gasteiger partial charge in [0.1, 0.15) is 36.6 Å². The first-order valence-electron chi connectivity index (χ1n) is 31.1. The summed E-state index contributed by atoms with van der Waals surface area (Å²) in [7, 11) is 0. The van der Waals surface area contributed by atoms with Gasteiger partial charge in [-0.3, -0.25) is 28.8 Å². The van der Waals surface area contributed by atoms with Crippen LogP contribution in [0.5, 0.6) is 0 Å². The van der Waals surface area contributed by atoms with E-state index in [1.807, 2.05) is 0 Å². The predicted octanol–water partition coefficient (Wildman–Crippen LogP) is -3.01. The molecule has 4 rings (SSSR count). The lowest BCUT2D eigenvalue weighted by Crippen LogP contribution is -2.64. The number of carbonyl (C=O) groups is 6. The molecule has 2 aliphatic rings. The van der Waals surface area contributed by atoms with Crippen LogP contribution in [-0.2, 0) is 92.6 Å². The Labute approximate surface area is 519 Å². The van der Waals surface area contributed by atoms with Crippen LogP contribution in [0.25, 0.3) is 0 Å². The second-order valence-electron chi connectivity index (χ2n) is 22.0. The Morgan fingerprint density at radius 2 is 0.865 bits per heavy atom. The third kappa shape index (κ3) is 31.9. The number of nitrogens with one attached hydrogen (secondary N) is 5. The first-order valence-corrected chi connectivity index (χ1v) is 31.1. The van der Waals surface area contributed by atoms with Crippen molar-refractivity contribution in [3.8, 4) is 0 Å². The average Bonchev–Trinajstić information content (AvgIpc) is 3.75. The summed E-state index contributed by atoms with van der Waals surface area (Å²) >= 11 is 0. The number of aliphatic hydroxyl groups excluding tert-OH is 6. The molecule has 12 N–H and O–H groups in total. The van der Waals surface area contributed by atoms with Crippen LogP contribution in [0.15, 0.2) is 12.4 Å². The molecule has 0 saturated carbocycles. The van der Waals surface area contributed by atoms with Crippen molar-refractivity contribution in [2.75, 3.05) is 106 Å². The number of amides is 5. The largest absolute Gasteiger partial charge is 0.481 e.